The van der Waals surface area contributed by atoms with Gasteiger partial charge in [-0.1, -0.05) is 154 Å². The molecule has 5 N–H and O–H groups in total. The predicted molar refractivity (Wildman–Crippen MR) is 508 cm³/mol. The quantitative estimate of drug-likeness (QED) is 0.0170. The standard InChI is InChI=1S/C16H25NO2Si.C13H17NO2.C13H15NO.C12H19NO.C12H13NO.C12H16O2.C10H12O2.C5H4.C4H6.C3H4.C2H2.2CH4/c1-7-15(13-9-8-10-14(11-13)18-3)16(2,12-17)19-20(4,5)6;1-4-12(13(2,15)9-14)10-6-5-7-11(8-10)16-3;1-4-13(10(2)9-14)11-6-5-7-12(8-11)15-3;2*1-3-12(9(2)8-13)10-5-4-6-11(14)7-10;1-4-12(9(2)13)10-6-5-7-11(8-10)14-3;1-8(11)6-9-4-3-5-10(7-9)12-2;1-3-5-4-2;1-3-4-2;1-3-2;1-2;;/h8-11,15H,7H2,1-6H3;5-8,12,15H,4H2,1-3H3;5-8H,4H2,1-3H3;4-7,9,12,14H,3,8,13H2,1-2H3;4-7,14H,3H2,1-2H3;5-8,12H,4H2,1-3H3;3-5,7H,6H2,1-2H3;1H,2H3;1-2H3;1H,2H3;1-2H;2*1H4. The second-order valence-electron chi connectivity index (χ2n) is 27.8. The second kappa shape index (κ2) is 69.7. The summed E-state index contributed by atoms with van der Waals surface area (Å²) in [6.45, 7) is 38.7. The maximum atomic E-state index is 11.3. The Hall–Kier alpha value is -12.2. The molecule has 0 saturated heterocycles. The van der Waals surface area contributed by atoms with E-state index in [2.05, 4.69) is 126 Å². The predicted octanol–water partition coefficient (Wildman–Crippen LogP) is 24.2. The van der Waals surface area contributed by atoms with E-state index in [0.717, 1.165) is 111 Å². The zero-order valence-electron chi connectivity index (χ0n) is 75.5. The smallest absolute Gasteiger partial charge is 0.185 e. The molecule has 16 nitrogen and oxygen atoms in total. The van der Waals surface area contributed by atoms with Crippen LogP contribution in [0.25, 0.3) is 11.1 Å². The van der Waals surface area contributed by atoms with Gasteiger partial charge in [-0.2, -0.15) is 21.0 Å². The van der Waals surface area contributed by atoms with E-state index in [4.69, 9.17) is 56.1 Å². The van der Waals surface area contributed by atoms with Crippen LogP contribution in [0.15, 0.2) is 181 Å². The lowest BCUT2D eigenvalue weighted by molar-refractivity contribution is -0.118. The molecule has 7 rings (SSSR count). The average molecular weight is 1670 g/mol. The first-order valence-corrected chi connectivity index (χ1v) is 42.8. The summed E-state index contributed by atoms with van der Waals surface area (Å²) >= 11 is 0. The number of Topliss-reactive ketones (excluding diaryl/α,β-unsaturated/α-hetero) is 2. The van der Waals surface area contributed by atoms with Crippen LogP contribution in [0.3, 0.4) is 0 Å². The molecule has 0 aliphatic heterocycles. The molecule has 121 heavy (non-hydrogen) atoms. The number of nitrogens with zero attached hydrogens (tertiary/aromatic N) is 4. The number of carbonyl (C=O) groups excluding carboxylic acids is 2. The second-order valence-corrected chi connectivity index (χ2v) is 32.2. The van der Waals surface area contributed by atoms with Crippen LogP contribution in [0, 0.1) is 112 Å². The maximum absolute atomic E-state index is 11.3. The molecule has 0 fully saturated rings. The van der Waals surface area contributed by atoms with Crippen molar-refractivity contribution in [3.8, 4) is 126 Å². The Balaban J connectivity index is -0.000000311. The lowest BCUT2D eigenvalue weighted by atomic mass is 9.82. The van der Waals surface area contributed by atoms with E-state index >= 15 is 0 Å². The number of nitrogens with two attached hydrogens (primary N) is 1. The Morgan fingerprint density at radius 2 is 0.876 bits per heavy atom. The Kier molecular flexibility index (Phi) is 69.0. The molecule has 0 bridgehead atoms. The van der Waals surface area contributed by atoms with Crippen LogP contribution in [0.2, 0.25) is 19.6 Å². The highest BCUT2D eigenvalue weighted by Crippen LogP contribution is 2.38. The van der Waals surface area contributed by atoms with Crippen LogP contribution in [0.5, 0.6) is 40.2 Å². The number of aliphatic hydroxyl groups is 1. The van der Waals surface area contributed by atoms with E-state index < -0.39 is 19.5 Å². The van der Waals surface area contributed by atoms with E-state index in [1.165, 1.54) is 5.56 Å². The molecule has 7 unspecified atom stereocenters. The molecule has 0 heterocycles. The molecule has 0 saturated carbocycles. The van der Waals surface area contributed by atoms with E-state index in [9.17, 15) is 30.2 Å². The Morgan fingerprint density at radius 3 is 1.20 bits per heavy atom. The fraction of sp³-hybridized carbons (Fsp3) is 0.404. The number of terminal acetylenes is 3. The highest BCUT2D eigenvalue weighted by Gasteiger charge is 2.39. The normalized spacial score (nSPS) is 12.0. The number of methoxy groups -OCH3 is 5. The van der Waals surface area contributed by atoms with E-state index in [1.54, 1.807) is 101 Å². The van der Waals surface area contributed by atoms with Crippen molar-refractivity contribution in [1.82, 2.24) is 0 Å². The number of benzene rings is 7. The van der Waals surface area contributed by atoms with Crippen LogP contribution >= 0.6 is 0 Å². The van der Waals surface area contributed by atoms with Crippen molar-refractivity contribution in [2.24, 2.45) is 11.7 Å². The van der Waals surface area contributed by atoms with E-state index in [0.29, 0.717) is 42.5 Å². The van der Waals surface area contributed by atoms with Crippen LogP contribution in [0.1, 0.15) is 234 Å². The van der Waals surface area contributed by atoms with E-state index in [-0.39, 0.29) is 49.9 Å². The van der Waals surface area contributed by atoms with Crippen LogP contribution in [-0.2, 0) is 20.4 Å². The largest absolute Gasteiger partial charge is 0.508 e. The minimum Gasteiger partial charge on any atom is -0.508 e. The molecule has 652 valence electrons. The monoisotopic (exact) mass is 1660 g/mol. The van der Waals surface area contributed by atoms with Gasteiger partial charge in [0.25, 0.3) is 0 Å². The molecular formula is C104H141N5O11Si. The van der Waals surface area contributed by atoms with E-state index in [1.807, 2.05) is 194 Å². The van der Waals surface area contributed by atoms with Gasteiger partial charge in [0.2, 0.25) is 0 Å². The molecule has 7 atom stereocenters. The molecule has 0 spiro atoms. The van der Waals surface area contributed by atoms with Gasteiger partial charge >= 0.3 is 0 Å². The van der Waals surface area contributed by atoms with Gasteiger partial charge in [0.05, 0.1) is 59.8 Å². The van der Waals surface area contributed by atoms with Crippen LogP contribution in [-0.4, -0.2) is 88.5 Å². The molecule has 7 aromatic rings. The Morgan fingerprint density at radius 1 is 0.504 bits per heavy atom. The molecule has 0 aromatic heterocycles. The summed E-state index contributed by atoms with van der Waals surface area (Å²) in [5.41, 5.74) is 14.3. The zero-order chi connectivity index (χ0) is 91.7. The summed E-state index contributed by atoms with van der Waals surface area (Å²) in [5, 5.41) is 65.0. The van der Waals surface area contributed by atoms with Crippen molar-refractivity contribution in [3.63, 3.8) is 0 Å². The zero-order valence-corrected chi connectivity index (χ0v) is 76.5. The minimum absolute atomic E-state index is 0. The number of allylic oxidation sites excluding steroid dienone is 4. The van der Waals surface area contributed by atoms with Gasteiger partial charge in [-0.25, -0.2) is 0 Å². The number of phenolic OH excluding ortho intramolecular Hbond substituents is 2. The third-order valence-electron chi connectivity index (χ3n) is 17.9. The summed E-state index contributed by atoms with van der Waals surface area (Å²) in [5.74, 6) is 20.4. The summed E-state index contributed by atoms with van der Waals surface area (Å²) in [6.07, 6.45) is 22.9. The minimum atomic E-state index is -1.80. The number of ether oxygens (including phenoxy) is 5. The van der Waals surface area contributed by atoms with Crippen LogP contribution in [0.4, 0.5) is 0 Å². The molecule has 17 heteroatoms. The van der Waals surface area contributed by atoms with Crippen molar-refractivity contribution in [1.29, 1.82) is 21.0 Å². The lowest BCUT2D eigenvalue weighted by Crippen LogP contribution is -2.43. The van der Waals surface area contributed by atoms with Crippen LogP contribution < -0.4 is 29.4 Å². The first-order valence-electron chi connectivity index (χ1n) is 39.4. The number of nitriles is 4. The number of rotatable bonds is 26. The van der Waals surface area contributed by atoms with Gasteiger partial charge in [-0.15, -0.1) is 43.5 Å². The first kappa shape index (κ1) is 120. The topological polar surface area (TPSA) is 271 Å². The number of ketones is 2. The average Bonchev–Trinajstić information content (AvgIpc) is 0.792. The maximum Gasteiger partial charge on any atom is 0.185 e. The highest BCUT2D eigenvalue weighted by atomic mass is 28.4. The first-order chi connectivity index (χ1) is 56.5. The molecular weight excluding hydrogens is 1520 g/mol. The fourth-order valence-electron chi connectivity index (χ4n) is 12.2. The number of hydrogen-bond donors (Lipinski definition) is 4. The van der Waals surface area contributed by atoms with Gasteiger partial charge in [-0.05, 0) is 293 Å². The lowest BCUT2D eigenvalue weighted by Gasteiger charge is -2.37. The number of phenols is 2. The van der Waals surface area contributed by atoms with Gasteiger partial charge < -0.3 is 49.2 Å². The SMILES string of the molecule is C.C.C#C.C#CC.C#CC#CC.CC#CC.CCC(=C(C)C#N)c1cccc(O)c1.CCC(=C(C)C#N)c1cccc(OC)c1.CCC(C(C)=O)c1cccc(OC)c1.CCC(c1cccc(O)c1)C(C)CN.CCC(c1cccc(OC)c1)C(C)(C#N)O[Si](C)(C)C.CCC(c1cccc(OC)c1)C(C)(O)C#N.COc1cccc(CC(C)=O)c1. The van der Waals surface area contributed by atoms with Gasteiger partial charge in [0.15, 0.2) is 13.9 Å². The molecule has 0 radical (unpaired) electrons. The molecule has 0 amide bonds. The highest BCUT2D eigenvalue weighted by molar-refractivity contribution is 6.69. The molecule has 7 aromatic carbocycles. The summed E-state index contributed by atoms with van der Waals surface area (Å²) < 4.78 is 31.9. The molecule has 0 aliphatic carbocycles. The van der Waals surface area contributed by atoms with Crippen molar-refractivity contribution in [2.75, 3.05) is 42.1 Å². The molecule has 0 aliphatic rings. The third kappa shape index (κ3) is 49.1. The Bertz CT molecular complexity index is 4590. The van der Waals surface area contributed by atoms with Crippen molar-refractivity contribution < 1.29 is 53.0 Å². The number of aromatic hydroxyl groups is 2. The summed E-state index contributed by atoms with van der Waals surface area (Å²) in [7, 11) is 6.35. The van der Waals surface area contributed by atoms with Gasteiger partial charge in [-0.3, -0.25) is 9.59 Å². The van der Waals surface area contributed by atoms with Crippen molar-refractivity contribution in [2.45, 2.75) is 232 Å². The fourth-order valence-corrected chi connectivity index (χ4v) is 13.6. The van der Waals surface area contributed by atoms with Crippen molar-refractivity contribution in [3.05, 3.63) is 220 Å². The third-order valence-corrected chi connectivity index (χ3v) is 18.9. The van der Waals surface area contributed by atoms with Gasteiger partial charge in [0.1, 0.15) is 57.4 Å². The Labute approximate surface area is 732 Å². The van der Waals surface area contributed by atoms with Crippen molar-refractivity contribution >= 4 is 31.0 Å². The summed E-state index contributed by atoms with van der Waals surface area (Å²) in [6, 6.07) is 61.6. The van der Waals surface area contributed by atoms with Gasteiger partial charge in [0, 0.05) is 35.3 Å². The summed E-state index contributed by atoms with van der Waals surface area (Å²) in [4.78, 5) is 22.1. The number of carbonyl (C=O) groups is 2. The number of hydrogen-bond acceptors (Lipinski definition) is 16.